The van der Waals surface area contributed by atoms with E-state index in [1.807, 2.05) is 0 Å². The molecule has 0 amide bonds. The monoisotopic (exact) mass is 396 g/mol. The molecule has 29 heavy (non-hydrogen) atoms. The molecular weight excluding hydrogens is 376 g/mol. The molecule has 0 bridgehead atoms. The lowest BCUT2D eigenvalue weighted by Gasteiger charge is -2.11. The summed E-state index contributed by atoms with van der Waals surface area (Å²) in [5.74, 6) is 0.441. The molecule has 0 unspecified atom stereocenters. The zero-order valence-electron chi connectivity index (χ0n) is 15.6. The minimum atomic E-state index is -0.436. The largest absolute Gasteiger partial charge is 0.508 e. The van der Waals surface area contributed by atoms with E-state index in [4.69, 9.17) is 4.74 Å². The number of anilines is 5. The number of benzene rings is 2. The number of aromatic hydroxyl groups is 2. The van der Waals surface area contributed by atoms with Crippen LogP contribution in [0.3, 0.4) is 0 Å². The van der Waals surface area contributed by atoms with E-state index in [0.29, 0.717) is 11.4 Å². The molecule has 5 N–H and O–H groups in total. The summed E-state index contributed by atoms with van der Waals surface area (Å²) in [5, 5.41) is 27.6. The molecule has 0 atom stereocenters. The van der Waals surface area contributed by atoms with Gasteiger partial charge in [-0.1, -0.05) is 0 Å². The maximum Gasteiger partial charge on any atom is 0.325 e. The molecule has 1 aromatic heterocycles. The third-order valence-corrected chi connectivity index (χ3v) is 3.58. The fourth-order valence-corrected chi connectivity index (χ4v) is 2.28. The Balaban J connectivity index is 1.82. The molecule has 0 aliphatic rings. The molecule has 0 aliphatic heterocycles. The van der Waals surface area contributed by atoms with Crippen molar-refractivity contribution in [1.82, 2.24) is 15.0 Å². The number of hydrogen-bond acceptors (Lipinski definition) is 10. The van der Waals surface area contributed by atoms with Gasteiger partial charge in [0.05, 0.1) is 6.61 Å². The first-order chi connectivity index (χ1) is 14.0. The van der Waals surface area contributed by atoms with Crippen LogP contribution in [0.1, 0.15) is 6.92 Å². The van der Waals surface area contributed by atoms with Crippen LogP contribution in [-0.4, -0.2) is 44.3 Å². The van der Waals surface area contributed by atoms with Gasteiger partial charge in [0, 0.05) is 11.4 Å². The standard InChI is InChI=1S/C19H20N6O4/c1-2-29-16(28)11-20-17-23-18(21-12-3-7-14(26)8-4-12)25-19(24-17)22-13-5-9-15(27)10-6-13/h3-10,26-27H,2,11H2,1H3,(H3,20,21,22,23,24,25). The van der Waals surface area contributed by atoms with Crippen molar-refractivity contribution in [3.63, 3.8) is 0 Å². The first-order valence-electron chi connectivity index (χ1n) is 8.79. The van der Waals surface area contributed by atoms with Crippen molar-refractivity contribution < 1.29 is 19.7 Å². The van der Waals surface area contributed by atoms with Crippen molar-refractivity contribution in [3.05, 3.63) is 48.5 Å². The Kier molecular flexibility index (Phi) is 6.25. The number of carbonyl (C=O) groups excluding carboxylic acids is 1. The Labute approximate surface area is 166 Å². The van der Waals surface area contributed by atoms with Crippen molar-refractivity contribution in [1.29, 1.82) is 0 Å². The number of carbonyl (C=O) groups is 1. The summed E-state index contributed by atoms with van der Waals surface area (Å²) in [5.41, 5.74) is 1.31. The van der Waals surface area contributed by atoms with E-state index < -0.39 is 5.97 Å². The van der Waals surface area contributed by atoms with Crippen molar-refractivity contribution in [2.45, 2.75) is 6.92 Å². The third kappa shape index (κ3) is 5.96. The SMILES string of the molecule is CCOC(=O)CNc1nc(Nc2ccc(O)cc2)nc(Nc2ccc(O)cc2)n1. The summed E-state index contributed by atoms with van der Waals surface area (Å²) in [6, 6.07) is 12.8. The van der Waals surface area contributed by atoms with Gasteiger partial charge in [-0.05, 0) is 55.5 Å². The number of phenols is 2. The molecule has 0 fully saturated rings. The zero-order chi connectivity index (χ0) is 20.6. The Morgan fingerprint density at radius 1 is 0.828 bits per heavy atom. The summed E-state index contributed by atoms with van der Waals surface area (Å²) in [4.78, 5) is 24.4. The molecular formula is C19H20N6O4. The Morgan fingerprint density at radius 2 is 1.28 bits per heavy atom. The average Bonchev–Trinajstić information content (AvgIpc) is 2.70. The molecule has 10 nitrogen and oxygen atoms in total. The van der Waals surface area contributed by atoms with Crippen molar-refractivity contribution >= 4 is 35.2 Å². The topological polar surface area (TPSA) is 142 Å². The highest BCUT2D eigenvalue weighted by atomic mass is 16.5. The predicted octanol–water partition coefficient (Wildman–Crippen LogP) is 2.75. The molecule has 0 saturated carbocycles. The van der Waals surface area contributed by atoms with Gasteiger partial charge in [-0.2, -0.15) is 15.0 Å². The van der Waals surface area contributed by atoms with E-state index in [1.54, 1.807) is 31.2 Å². The second-order valence-electron chi connectivity index (χ2n) is 5.81. The van der Waals surface area contributed by atoms with Crippen LogP contribution in [0.2, 0.25) is 0 Å². The predicted molar refractivity (Wildman–Crippen MR) is 108 cm³/mol. The van der Waals surface area contributed by atoms with Gasteiger partial charge in [0.2, 0.25) is 17.8 Å². The number of ether oxygens (including phenoxy) is 1. The van der Waals surface area contributed by atoms with Crippen molar-refractivity contribution in [2.24, 2.45) is 0 Å². The molecule has 10 heteroatoms. The van der Waals surface area contributed by atoms with Crippen LogP contribution in [0, 0.1) is 0 Å². The van der Waals surface area contributed by atoms with E-state index in [2.05, 4.69) is 30.9 Å². The maximum absolute atomic E-state index is 11.6. The van der Waals surface area contributed by atoms with Gasteiger partial charge < -0.3 is 30.9 Å². The van der Waals surface area contributed by atoms with E-state index in [0.717, 1.165) is 0 Å². The molecule has 150 valence electrons. The van der Waals surface area contributed by atoms with E-state index in [9.17, 15) is 15.0 Å². The zero-order valence-corrected chi connectivity index (χ0v) is 15.6. The van der Waals surface area contributed by atoms with Gasteiger partial charge in [0.1, 0.15) is 18.0 Å². The Hall–Kier alpha value is -4.08. The quantitative estimate of drug-likeness (QED) is 0.285. The molecule has 0 spiro atoms. The molecule has 0 radical (unpaired) electrons. The summed E-state index contributed by atoms with van der Waals surface area (Å²) >= 11 is 0. The van der Waals surface area contributed by atoms with Crippen LogP contribution in [0.15, 0.2) is 48.5 Å². The molecule has 3 aromatic rings. The van der Waals surface area contributed by atoms with Gasteiger partial charge in [0.15, 0.2) is 0 Å². The lowest BCUT2D eigenvalue weighted by Crippen LogP contribution is -2.19. The number of rotatable bonds is 8. The third-order valence-electron chi connectivity index (χ3n) is 3.58. The molecule has 0 aliphatic carbocycles. The van der Waals surface area contributed by atoms with Gasteiger partial charge in [-0.15, -0.1) is 0 Å². The summed E-state index contributed by atoms with van der Waals surface area (Å²) in [7, 11) is 0. The van der Waals surface area contributed by atoms with Gasteiger partial charge in [-0.25, -0.2) is 0 Å². The van der Waals surface area contributed by atoms with E-state index in [-0.39, 0.29) is 42.5 Å². The maximum atomic E-state index is 11.6. The van der Waals surface area contributed by atoms with Gasteiger partial charge in [-0.3, -0.25) is 4.79 Å². The highest BCUT2D eigenvalue weighted by molar-refractivity contribution is 5.74. The highest BCUT2D eigenvalue weighted by Gasteiger charge is 2.10. The van der Waals surface area contributed by atoms with Crippen LogP contribution in [0.5, 0.6) is 11.5 Å². The van der Waals surface area contributed by atoms with Crippen LogP contribution < -0.4 is 16.0 Å². The summed E-state index contributed by atoms with van der Waals surface area (Å²) in [6.07, 6.45) is 0. The van der Waals surface area contributed by atoms with Gasteiger partial charge >= 0.3 is 5.97 Å². The number of esters is 1. The van der Waals surface area contributed by atoms with E-state index in [1.165, 1.54) is 24.3 Å². The smallest absolute Gasteiger partial charge is 0.325 e. The van der Waals surface area contributed by atoms with Crippen molar-refractivity contribution in [2.75, 3.05) is 29.1 Å². The van der Waals surface area contributed by atoms with Crippen LogP contribution in [0.25, 0.3) is 0 Å². The normalized spacial score (nSPS) is 10.2. The molecule has 3 rings (SSSR count). The number of aromatic nitrogens is 3. The van der Waals surface area contributed by atoms with E-state index >= 15 is 0 Å². The van der Waals surface area contributed by atoms with Crippen molar-refractivity contribution in [3.8, 4) is 11.5 Å². The number of nitrogens with one attached hydrogen (secondary N) is 3. The molecule has 1 heterocycles. The second-order valence-corrected chi connectivity index (χ2v) is 5.81. The Morgan fingerprint density at radius 3 is 1.72 bits per heavy atom. The lowest BCUT2D eigenvalue weighted by atomic mass is 10.3. The molecule has 0 saturated heterocycles. The first-order valence-corrected chi connectivity index (χ1v) is 8.79. The molecule has 2 aromatic carbocycles. The highest BCUT2D eigenvalue weighted by Crippen LogP contribution is 2.21. The number of hydrogen-bond donors (Lipinski definition) is 5. The number of phenolic OH excluding ortho intramolecular Hbond substituents is 2. The average molecular weight is 396 g/mol. The minimum absolute atomic E-state index is 0.102. The Bertz CT molecular complexity index is 898. The first kappa shape index (κ1) is 19.7. The second kappa shape index (κ2) is 9.22. The minimum Gasteiger partial charge on any atom is -0.508 e. The van der Waals surface area contributed by atoms with Crippen LogP contribution >= 0.6 is 0 Å². The summed E-state index contributed by atoms with van der Waals surface area (Å²) < 4.78 is 4.89. The fraction of sp³-hybridized carbons (Fsp3) is 0.158. The van der Waals surface area contributed by atoms with Crippen LogP contribution in [0.4, 0.5) is 29.2 Å². The number of nitrogens with zero attached hydrogens (tertiary/aromatic N) is 3. The fourth-order valence-electron chi connectivity index (χ4n) is 2.28. The van der Waals surface area contributed by atoms with Crippen LogP contribution in [-0.2, 0) is 9.53 Å². The van der Waals surface area contributed by atoms with Gasteiger partial charge in [0.25, 0.3) is 0 Å². The summed E-state index contributed by atoms with van der Waals surface area (Å²) in [6.45, 7) is 1.90. The lowest BCUT2D eigenvalue weighted by molar-refractivity contribution is -0.140.